The fraction of sp³-hybridized carbons (Fsp3) is 0.182. The predicted octanol–water partition coefficient (Wildman–Crippen LogP) is 2.04. The van der Waals surface area contributed by atoms with Crippen molar-refractivity contribution in [1.29, 1.82) is 0 Å². The largest absolute Gasteiger partial charge is 0.476 e. The van der Waals surface area contributed by atoms with Crippen LogP contribution in [0.4, 0.5) is 13.2 Å². The Morgan fingerprint density at radius 2 is 2.11 bits per heavy atom. The summed E-state index contributed by atoms with van der Waals surface area (Å²) >= 11 is 0. The number of benzene rings is 1. The normalized spacial score (nSPS) is 11.5. The van der Waals surface area contributed by atoms with E-state index in [0.29, 0.717) is 5.56 Å². The van der Waals surface area contributed by atoms with E-state index in [1.165, 1.54) is 16.8 Å². The van der Waals surface area contributed by atoms with E-state index < -0.39 is 17.7 Å². The maximum atomic E-state index is 12.5. The Balaban J connectivity index is 2.21. The molecule has 1 N–H and O–H groups in total. The Morgan fingerprint density at radius 1 is 1.37 bits per heavy atom. The average Bonchev–Trinajstić information content (AvgIpc) is 2.77. The van der Waals surface area contributed by atoms with Gasteiger partial charge in [-0.05, 0) is 17.7 Å². The summed E-state index contributed by atoms with van der Waals surface area (Å²) in [6, 6.07) is 4.74. The van der Waals surface area contributed by atoms with Crippen LogP contribution in [0.1, 0.15) is 21.6 Å². The van der Waals surface area contributed by atoms with Gasteiger partial charge in [0.05, 0.1) is 18.3 Å². The van der Waals surface area contributed by atoms with Gasteiger partial charge in [0.25, 0.3) is 0 Å². The molecule has 5 nitrogen and oxygen atoms in total. The van der Waals surface area contributed by atoms with Crippen molar-refractivity contribution in [2.24, 2.45) is 0 Å². The van der Waals surface area contributed by atoms with E-state index in [4.69, 9.17) is 5.11 Å². The Morgan fingerprint density at radius 3 is 2.68 bits per heavy atom. The maximum absolute atomic E-state index is 12.5. The van der Waals surface area contributed by atoms with Gasteiger partial charge in [-0.15, -0.1) is 5.10 Å². The van der Waals surface area contributed by atoms with Gasteiger partial charge in [-0.1, -0.05) is 17.3 Å². The van der Waals surface area contributed by atoms with Gasteiger partial charge in [0.2, 0.25) is 0 Å². The minimum atomic E-state index is -4.41. The van der Waals surface area contributed by atoms with Crippen molar-refractivity contribution >= 4 is 5.97 Å². The summed E-state index contributed by atoms with van der Waals surface area (Å²) in [4.78, 5) is 10.6. The Hall–Kier alpha value is -2.38. The van der Waals surface area contributed by atoms with Crippen molar-refractivity contribution in [3.8, 4) is 0 Å². The van der Waals surface area contributed by atoms with E-state index in [-0.39, 0.29) is 12.2 Å². The van der Waals surface area contributed by atoms with Crippen LogP contribution in [0.25, 0.3) is 0 Å². The molecule has 1 aromatic heterocycles. The van der Waals surface area contributed by atoms with Crippen molar-refractivity contribution in [3.63, 3.8) is 0 Å². The standard InChI is InChI=1S/C11H8F3N3O2/c12-11(13,14)8-3-1-2-7(4-8)5-17-6-9(10(18)19)15-16-17/h1-4,6H,5H2,(H,18,19). The van der Waals surface area contributed by atoms with Gasteiger partial charge in [0, 0.05) is 0 Å². The predicted molar refractivity (Wildman–Crippen MR) is 57.5 cm³/mol. The summed E-state index contributed by atoms with van der Waals surface area (Å²) in [6.45, 7) is 0.0181. The van der Waals surface area contributed by atoms with Crippen LogP contribution >= 0.6 is 0 Å². The number of carbonyl (C=O) groups is 1. The van der Waals surface area contributed by atoms with Crippen molar-refractivity contribution in [3.05, 3.63) is 47.3 Å². The highest BCUT2D eigenvalue weighted by Gasteiger charge is 2.30. The highest BCUT2D eigenvalue weighted by molar-refractivity contribution is 5.84. The maximum Gasteiger partial charge on any atom is 0.416 e. The number of halogens is 3. The fourth-order valence-electron chi connectivity index (χ4n) is 1.51. The minimum absolute atomic E-state index is 0.0181. The molecule has 0 saturated heterocycles. The molecule has 8 heteroatoms. The van der Waals surface area contributed by atoms with Crippen LogP contribution < -0.4 is 0 Å². The lowest BCUT2D eigenvalue weighted by atomic mass is 10.1. The smallest absolute Gasteiger partial charge is 0.416 e. The van der Waals surface area contributed by atoms with Gasteiger partial charge in [-0.3, -0.25) is 0 Å². The molecule has 2 aromatic rings. The molecule has 1 aromatic carbocycles. The summed E-state index contributed by atoms with van der Waals surface area (Å²) in [6.07, 6.45) is -3.26. The van der Waals surface area contributed by atoms with Gasteiger partial charge >= 0.3 is 12.1 Å². The number of hydrogen-bond acceptors (Lipinski definition) is 3. The topological polar surface area (TPSA) is 68.0 Å². The van der Waals surface area contributed by atoms with Crippen LogP contribution in [-0.2, 0) is 12.7 Å². The SMILES string of the molecule is O=C(O)c1cn(Cc2cccc(C(F)(F)F)c2)nn1. The molecule has 0 spiro atoms. The number of carboxylic acids is 1. The Bertz CT molecular complexity index is 607. The Labute approximate surface area is 105 Å². The number of hydrogen-bond donors (Lipinski definition) is 1. The lowest BCUT2D eigenvalue weighted by Gasteiger charge is -2.08. The van der Waals surface area contributed by atoms with Gasteiger partial charge in [0.15, 0.2) is 5.69 Å². The van der Waals surface area contributed by atoms with Crippen molar-refractivity contribution < 1.29 is 23.1 Å². The quantitative estimate of drug-likeness (QED) is 0.927. The lowest BCUT2D eigenvalue weighted by molar-refractivity contribution is -0.137. The molecule has 100 valence electrons. The van der Waals surface area contributed by atoms with E-state index in [9.17, 15) is 18.0 Å². The third kappa shape index (κ3) is 3.09. The molecule has 0 atom stereocenters. The van der Waals surface area contributed by atoms with Gasteiger partial charge in [0.1, 0.15) is 0 Å². The van der Waals surface area contributed by atoms with Crippen LogP contribution in [0.15, 0.2) is 30.5 Å². The average molecular weight is 271 g/mol. The van der Waals surface area contributed by atoms with Gasteiger partial charge in [-0.25, -0.2) is 9.48 Å². The highest BCUT2D eigenvalue weighted by Crippen LogP contribution is 2.29. The third-order valence-electron chi connectivity index (χ3n) is 2.36. The number of rotatable bonds is 3. The number of nitrogens with zero attached hydrogens (tertiary/aromatic N) is 3. The molecular weight excluding hydrogens is 263 g/mol. The zero-order chi connectivity index (χ0) is 14.0. The van der Waals surface area contributed by atoms with Crippen LogP contribution in [0, 0.1) is 0 Å². The van der Waals surface area contributed by atoms with Gasteiger partial charge < -0.3 is 5.11 Å². The summed E-state index contributed by atoms with van der Waals surface area (Å²) in [5, 5.41) is 15.6. The molecule has 0 amide bonds. The first kappa shape index (κ1) is 13.1. The van der Waals surface area contributed by atoms with E-state index in [0.717, 1.165) is 18.3 Å². The zero-order valence-electron chi connectivity index (χ0n) is 9.42. The first-order valence-electron chi connectivity index (χ1n) is 5.16. The highest BCUT2D eigenvalue weighted by atomic mass is 19.4. The van der Waals surface area contributed by atoms with Gasteiger partial charge in [-0.2, -0.15) is 13.2 Å². The summed E-state index contributed by atoms with van der Waals surface area (Å²) in [5.74, 6) is -1.24. The van der Waals surface area contributed by atoms with Crippen LogP contribution in [0.2, 0.25) is 0 Å². The number of alkyl halides is 3. The molecule has 0 fully saturated rings. The third-order valence-corrected chi connectivity index (χ3v) is 2.36. The second-order valence-corrected chi connectivity index (χ2v) is 3.80. The molecule has 0 unspecified atom stereocenters. The molecule has 2 rings (SSSR count). The minimum Gasteiger partial charge on any atom is -0.476 e. The molecule has 0 aliphatic heterocycles. The molecule has 1 heterocycles. The van der Waals surface area contributed by atoms with Crippen LogP contribution in [0.3, 0.4) is 0 Å². The van der Waals surface area contributed by atoms with E-state index in [1.807, 2.05) is 0 Å². The fourth-order valence-corrected chi connectivity index (χ4v) is 1.51. The zero-order valence-corrected chi connectivity index (χ0v) is 9.42. The summed E-state index contributed by atoms with van der Waals surface area (Å²) in [7, 11) is 0. The van der Waals surface area contributed by atoms with Crippen LogP contribution in [0.5, 0.6) is 0 Å². The molecule has 0 saturated carbocycles. The molecule has 0 aliphatic carbocycles. The Kier molecular flexibility index (Phi) is 3.24. The second-order valence-electron chi connectivity index (χ2n) is 3.80. The molecular formula is C11H8F3N3O2. The van der Waals surface area contributed by atoms with Crippen LogP contribution in [-0.4, -0.2) is 26.1 Å². The second kappa shape index (κ2) is 4.71. The first-order chi connectivity index (χ1) is 8.86. The number of aromatic carboxylic acids is 1. The van der Waals surface area contributed by atoms with Crippen molar-refractivity contribution in [2.45, 2.75) is 12.7 Å². The molecule has 0 radical (unpaired) electrons. The lowest BCUT2D eigenvalue weighted by Crippen LogP contribution is -2.07. The van der Waals surface area contributed by atoms with Crippen molar-refractivity contribution in [2.75, 3.05) is 0 Å². The first-order valence-corrected chi connectivity index (χ1v) is 5.16. The van der Waals surface area contributed by atoms with E-state index >= 15 is 0 Å². The van der Waals surface area contributed by atoms with E-state index in [2.05, 4.69) is 10.3 Å². The van der Waals surface area contributed by atoms with E-state index in [1.54, 1.807) is 0 Å². The number of aromatic nitrogens is 3. The number of carboxylic acid groups (broad SMARTS) is 1. The summed E-state index contributed by atoms with van der Waals surface area (Å²) in [5.41, 5.74) is -0.660. The molecule has 0 bridgehead atoms. The molecule has 0 aliphatic rings. The monoisotopic (exact) mass is 271 g/mol. The molecule has 19 heavy (non-hydrogen) atoms. The van der Waals surface area contributed by atoms with Crippen molar-refractivity contribution in [1.82, 2.24) is 15.0 Å². The summed E-state index contributed by atoms with van der Waals surface area (Å²) < 4.78 is 38.7.